The fourth-order valence-corrected chi connectivity index (χ4v) is 3.55. The zero-order chi connectivity index (χ0) is 21.5. The number of nitrogens with zero attached hydrogens (tertiary/aromatic N) is 4. The van der Waals surface area contributed by atoms with E-state index >= 15 is 0 Å². The number of nitrogens with one attached hydrogen (secondary N) is 3. The average Bonchev–Trinajstić information content (AvgIpc) is 3.37. The van der Waals surface area contributed by atoms with Gasteiger partial charge in [-0.3, -0.25) is 9.98 Å². The van der Waals surface area contributed by atoms with Crippen LogP contribution in [0.5, 0.6) is 5.88 Å². The highest BCUT2D eigenvalue weighted by molar-refractivity contribution is 6.30. The van der Waals surface area contributed by atoms with Crippen LogP contribution in [-0.4, -0.2) is 35.7 Å². The van der Waals surface area contributed by atoms with Crippen molar-refractivity contribution < 1.29 is 5.11 Å². The molecule has 3 heterocycles. The van der Waals surface area contributed by atoms with Crippen LogP contribution in [0.1, 0.15) is 37.1 Å². The lowest BCUT2D eigenvalue weighted by atomic mass is 10.1. The van der Waals surface area contributed by atoms with Crippen LogP contribution in [0, 0.1) is 0 Å². The van der Waals surface area contributed by atoms with E-state index in [9.17, 15) is 9.90 Å². The highest BCUT2D eigenvalue weighted by Crippen LogP contribution is 2.23. The Balaban J connectivity index is 1.62. The molecule has 0 amide bonds. The van der Waals surface area contributed by atoms with E-state index < -0.39 is 5.69 Å². The van der Waals surface area contributed by atoms with Gasteiger partial charge in [0.1, 0.15) is 11.5 Å². The summed E-state index contributed by atoms with van der Waals surface area (Å²) in [6.45, 7) is 2.03. The van der Waals surface area contributed by atoms with Crippen LogP contribution in [-0.2, 0) is 0 Å². The van der Waals surface area contributed by atoms with E-state index in [2.05, 4.69) is 20.4 Å². The first-order valence-electron chi connectivity index (χ1n) is 9.94. The standard InChI is InChI=1S/C21H20ClN7O2/c1-11(12-3-2-4-14(22)7-12)24-17-9-18(25-15-5-6-15)29-19(27-17)13(10-23-29)8-16-20(30)28-21(31)26-16/h2-4,7-11,15,24,30H,5-6H2,1H3,(H2,26,28,31)/t11-/m0/s1. The van der Waals surface area contributed by atoms with Gasteiger partial charge in [-0.05, 0) is 43.5 Å². The maximum atomic E-state index is 11.5. The van der Waals surface area contributed by atoms with Gasteiger partial charge in [-0.2, -0.15) is 9.61 Å². The van der Waals surface area contributed by atoms with Crippen molar-refractivity contribution in [3.8, 4) is 5.88 Å². The van der Waals surface area contributed by atoms with Gasteiger partial charge in [0, 0.05) is 22.3 Å². The van der Waals surface area contributed by atoms with Gasteiger partial charge in [0.2, 0.25) is 5.88 Å². The quantitative estimate of drug-likeness (QED) is 0.379. The molecule has 1 aliphatic rings. The maximum Gasteiger partial charge on any atom is 0.326 e. The summed E-state index contributed by atoms with van der Waals surface area (Å²) >= 11 is 6.13. The Morgan fingerprint density at radius 3 is 2.90 bits per heavy atom. The van der Waals surface area contributed by atoms with Crippen LogP contribution in [0.4, 0.5) is 5.82 Å². The Labute approximate surface area is 181 Å². The molecule has 1 saturated carbocycles. The van der Waals surface area contributed by atoms with Crippen LogP contribution in [0.3, 0.4) is 0 Å². The minimum Gasteiger partial charge on any atom is -0.493 e. The number of anilines is 1. The SMILES string of the molecule is C[C@H](Nc1cc(=NC2CC2)n2ncc(=Cc3[nH]c(=O)[nH]c3O)c2n1)c1cccc(Cl)c1. The molecule has 1 aliphatic carbocycles. The Kier molecular flexibility index (Phi) is 4.74. The summed E-state index contributed by atoms with van der Waals surface area (Å²) in [6.07, 6.45) is 5.37. The number of benzene rings is 1. The van der Waals surface area contributed by atoms with Crippen LogP contribution < -0.4 is 21.7 Å². The number of aromatic amines is 2. The molecule has 0 aliphatic heterocycles. The number of rotatable bonds is 5. The minimum atomic E-state index is -0.490. The normalized spacial score (nSPS) is 16.2. The van der Waals surface area contributed by atoms with Crippen molar-refractivity contribution in [2.75, 3.05) is 5.32 Å². The second-order valence-electron chi connectivity index (χ2n) is 7.60. The summed E-state index contributed by atoms with van der Waals surface area (Å²) in [5.41, 5.74) is 2.05. The fraction of sp³-hybridized carbons (Fsp3) is 0.238. The molecule has 10 heteroatoms. The van der Waals surface area contributed by atoms with Gasteiger partial charge in [0.25, 0.3) is 0 Å². The third-order valence-electron chi connectivity index (χ3n) is 5.09. The summed E-state index contributed by atoms with van der Waals surface area (Å²) < 4.78 is 1.67. The second-order valence-corrected chi connectivity index (χ2v) is 8.04. The smallest absolute Gasteiger partial charge is 0.326 e. The first-order chi connectivity index (χ1) is 15.0. The van der Waals surface area contributed by atoms with Crippen molar-refractivity contribution in [3.63, 3.8) is 0 Å². The third-order valence-corrected chi connectivity index (χ3v) is 5.33. The van der Waals surface area contributed by atoms with Gasteiger partial charge in [-0.25, -0.2) is 9.78 Å². The second kappa shape index (κ2) is 7.59. The lowest BCUT2D eigenvalue weighted by molar-refractivity contribution is 0.454. The third kappa shape index (κ3) is 4.04. The molecule has 0 bridgehead atoms. The van der Waals surface area contributed by atoms with Gasteiger partial charge in [0.15, 0.2) is 11.1 Å². The average molecular weight is 438 g/mol. The number of hydrogen-bond acceptors (Lipinski definition) is 6. The molecule has 1 aromatic carbocycles. The molecule has 9 nitrogen and oxygen atoms in total. The van der Waals surface area contributed by atoms with Crippen molar-refractivity contribution in [3.05, 3.63) is 74.0 Å². The van der Waals surface area contributed by atoms with E-state index in [-0.39, 0.29) is 17.6 Å². The summed E-state index contributed by atoms with van der Waals surface area (Å²) in [7, 11) is 0. The molecule has 0 spiro atoms. The summed E-state index contributed by atoms with van der Waals surface area (Å²) in [5, 5.41) is 19.0. The lowest BCUT2D eigenvalue weighted by Gasteiger charge is -2.15. The highest BCUT2D eigenvalue weighted by atomic mass is 35.5. The topological polar surface area (TPSA) is 123 Å². The van der Waals surface area contributed by atoms with Gasteiger partial charge in [0.05, 0.1) is 12.2 Å². The van der Waals surface area contributed by atoms with Crippen molar-refractivity contribution >= 4 is 29.1 Å². The predicted octanol–water partition coefficient (Wildman–Crippen LogP) is 1.89. The van der Waals surface area contributed by atoms with Gasteiger partial charge in [-0.15, -0.1) is 0 Å². The van der Waals surface area contributed by atoms with E-state index in [4.69, 9.17) is 21.6 Å². The number of fused-ring (bicyclic) bond motifs is 1. The molecular weight excluding hydrogens is 418 g/mol. The first-order valence-corrected chi connectivity index (χ1v) is 10.3. The zero-order valence-corrected chi connectivity index (χ0v) is 17.4. The van der Waals surface area contributed by atoms with Crippen LogP contribution in [0.2, 0.25) is 5.02 Å². The number of hydrogen-bond donors (Lipinski definition) is 4. The number of imidazole rings is 1. The van der Waals surface area contributed by atoms with E-state index in [0.29, 0.717) is 33.2 Å². The molecule has 0 unspecified atom stereocenters. The molecule has 4 N–H and O–H groups in total. The predicted molar refractivity (Wildman–Crippen MR) is 117 cm³/mol. The van der Waals surface area contributed by atoms with Crippen LogP contribution in [0.25, 0.3) is 11.7 Å². The van der Waals surface area contributed by atoms with Crippen LogP contribution in [0.15, 0.2) is 46.3 Å². The molecule has 5 rings (SSSR count). The summed E-state index contributed by atoms with van der Waals surface area (Å²) in [4.78, 5) is 25.8. The van der Waals surface area contributed by atoms with E-state index in [1.807, 2.05) is 37.3 Å². The minimum absolute atomic E-state index is 0.0390. The van der Waals surface area contributed by atoms with E-state index in [1.165, 1.54) is 0 Å². The molecule has 0 saturated heterocycles. The highest BCUT2D eigenvalue weighted by Gasteiger charge is 2.20. The Morgan fingerprint density at radius 1 is 1.35 bits per heavy atom. The monoisotopic (exact) mass is 437 g/mol. The molecule has 31 heavy (non-hydrogen) atoms. The first kappa shape index (κ1) is 19.4. The zero-order valence-electron chi connectivity index (χ0n) is 16.6. The Hall–Kier alpha value is -3.59. The van der Waals surface area contributed by atoms with Crippen molar-refractivity contribution in [1.29, 1.82) is 0 Å². The largest absolute Gasteiger partial charge is 0.493 e. The van der Waals surface area contributed by atoms with E-state index in [0.717, 1.165) is 18.4 Å². The Morgan fingerprint density at radius 2 is 2.19 bits per heavy atom. The maximum absolute atomic E-state index is 11.5. The summed E-state index contributed by atoms with van der Waals surface area (Å²) in [5.74, 6) is 0.400. The molecule has 3 aromatic heterocycles. The molecule has 0 radical (unpaired) electrons. The Bertz CT molecular complexity index is 1450. The van der Waals surface area contributed by atoms with Crippen molar-refractivity contribution in [1.82, 2.24) is 24.6 Å². The van der Waals surface area contributed by atoms with E-state index in [1.54, 1.807) is 16.8 Å². The number of aromatic hydroxyl groups is 1. The lowest BCUT2D eigenvalue weighted by Crippen LogP contribution is -2.21. The fourth-order valence-electron chi connectivity index (χ4n) is 3.35. The number of aromatic nitrogens is 5. The van der Waals surface area contributed by atoms with Crippen molar-refractivity contribution in [2.45, 2.75) is 31.8 Å². The molecular formula is C21H20ClN7O2. The number of H-pyrrole nitrogens is 2. The number of halogens is 1. The van der Waals surface area contributed by atoms with Gasteiger partial charge >= 0.3 is 5.69 Å². The molecule has 1 atom stereocenters. The molecule has 1 fully saturated rings. The molecule has 4 aromatic rings. The van der Waals surface area contributed by atoms with Gasteiger partial charge < -0.3 is 15.4 Å². The van der Waals surface area contributed by atoms with Crippen LogP contribution >= 0.6 is 11.6 Å². The van der Waals surface area contributed by atoms with Gasteiger partial charge in [-0.1, -0.05) is 23.7 Å². The molecule has 158 valence electrons. The van der Waals surface area contributed by atoms with Crippen molar-refractivity contribution in [2.24, 2.45) is 4.99 Å². The summed E-state index contributed by atoms with van der Waals surface area (Å²) in [6, 6.07) is 9.79.